The molecule has 3 fully saturated rings. The molecule has 0 radical (unpaired) electrons. The summed E-state index contributed by atoms with van der Waals surface area (Å²) >= 11 is 0. The summed E-state index contributed by atoms with van der Waals surface area (Å²) < 4.78 is 5.93. The van der Waals surface area contributed by atoms with Gasteiger partial charge in [-0.05, 0) is 43.6 Å². The Hall–Kier alpha value is -1.39. The number of carbonyl (C=O) groups excluding carboxylic acids is 1. The molecular weight excluding hydrogens is 300 g/mol. The first kappa shape index (κ1) is 16.1. The first-order valence-corrected chi connectivity index (χ1v) is 9.42. The van der Waals surface area contributed by atoms with Gasteiger partial charge in [-0.2, -0.15) is 0 Å². The number of amides is 1. The van der Waals surface area contributed by atoms with E-state index in [-0.39, 0.29) is 17.4 Å². The second kappa shape index (κ2) is 6.85. The molecule has 1 N–H and O–H groups in total. The lowest BCUT2D eigenvalue weighted by atomic mass is 9.75. The van der Waals surface area contributed by atoms with Gasteiger partial charge in [-0.1, -0.05) is 30.3 Å². The fraction of sp³-hybridized carbons (Fsp3) is 0.650. The SMILES string of the molecule is O=C(NCC1CC1)[C@]12CCO[C@H]1CCN(CCc1ccccc1)C2. The fourth-order valence-electron chi connectivity index (χ4n) is 4.21. The zero-order valence-corrected chi connectivity index (χ0v) is 14.4. The predicted octanol–water partition coefficient (Wildman–Crippen LogP) is 2.24. The summed E-state index contributed by atoms with van der Waals surface area (Å²) in [5.41, 5.74) is 1.05. The molecule has 2 heterocycles. The van der Waals surface area contributed by atoms with Gasteiger partial charge in [0, 0.05) is 32.8 Å². The fourth-order valence-corrected chi connectivity index (χ4v) is 4.21. The van der Waals surface area contributed by atoms with Crippen LogP contribution in [0.3, 0.4) is 0 Å². The topological polar surface area (TPSA) is 41.6 Å². The minimum Gasteiger partial charge on any atom is -0.377 e. The zero-order valence-electron chi connectivity index (χ0n) is 14.4. The second-order valence-electron chi connectivity index (χ2n) is 7.72. The quantitative estimate of drug-likeness (QED) is 0.871. The van der Waals surface area contributed by atoms with Crippen LogP contribution in [0.4, 0.5) is 0 Å². The molecule has 0 bridgehead atoms. The second-order valence-corrected chi connectivity index (χ2v) is 7.72. The van der Waals surface area contributed by atoms with Gasteiger partial charge in [-0.25, -0.2) is 0 Å². The average molecular weight is 328 g/mol. The average Bonchev–Trinajstić information content (AvgIpc) is 3.35. The number of piperidine rings is 1. The molecule has 2 saturated heterocycles. The van der Waals surface area contributed by atoms with E-state index in [1.165, 1.54) is 18.4 Å². The summed E-state index contributed by atoms with van der Waals surface area (Å²) in [5, 5.41) is 3.23. The number of rotatable bonds is 6. The molecule has 4 heteroatoms. The molecule has 0 unspecified atom stereocenters. The number of nitrogens with one attached hydrogen (secondary N) is 1. The van der Waals surface area contributed by atoms with Crippen LogP contribution in [-0.4, -0.2) is 49.7 Å². The number of likely N-dealkylation sites (tertiary alicyclic amines) is 1. The van der Waals surface area contributed by atoms with Crippen molar-refractivity contribution in [2.75, 3.05) is 32.8 Å². The molecule has 1 saturated carbocycles. The van der Waals surface area contributed by atoms with Gasteiger partial charge >= 0.3 is 0 Å². The van der Waals surface area contributed by atoms with Crippen LogP contribution < -0.4 is 5.32 Å². The summed E-state index contributed by atoms with van der Waals surface area (Å²) in [6.45, 7) is 4.50. The molecule has 0 aromatic heterocycles. The molecule has 130 valence electrons. The van der Waals surface area contributed by atoms with Crippen LogP contribution in [-0.2, 0) is 16.0 Å². The molecule has 1 aromatic carbocycles. The molecule has 1 aliphatic carbocycles. The monoisotopic (exact) mass is 328 g/mol. The highest BCUT2D eigenvalue weighted by Gasteiger charge is 2.53. The van der Waals surface area contributed by atoms with Gasteiger partial charge in [0.1, 0.15) is 0 Å². The Morgan fingerprint density at radius 3 is 2.88 bits per heavy atom. The molecule has 4 rings (SSSR count). The van der Waals surface area contributed by atoms with Crippen molar-refractivity contribution in [3.63, 3.8) is 0 Å². The lowest BCUT2D eigenvalue weighted by molar-refractivity contribution is -0.139. The standard InChI is InChI=1S/C20H28N2O2/c23-19(21-14-17-6-7-17)20-10-13-24-18(20)9-12-22(15-20)11-8-16-4-2-1-3-5-16/h1-5,17-18H,6-15H2,(H,21,23)/t18-,20-/m0/s1. The highest BCUT2D eigenvalue weighted by Crippen LogP contribution is 2.41. The largest absolute Gasteiger partial charge is 0.377 e. The van der Waals surface area contributed by atoms with E-state index in [1.807, 2.05) is 0 Å². The van der Waals surface area contributed by atoms with Crippen LogP contribution >= 0.6 is 0 Å². The van der Waals surface area contributed by atoms with E-state index in [1.54, 1.807) is 0 Å². The van der Waals surface area contributed by atoms with Crippen LogP contribution in [0.5, 0.6) is 0 Å². The summed E-state index contributed by atoms with van der Waals surface area (Å²) in [6, 6.07) is 10.6. The first-order chi connectivity index (χ1) is 11.8. The molecule has 0 spiro atoms. The number of nitrogens with zero attached hydrogens (tertiary/aromatic N) is 1. The third-order valence-electron chi connectivity index (χ3n) is 5.96. The van der Waals surface area contributed by atoms with Crippen LogP contribution in [0.25, 0.3) is 0 Å². The van der Waals surface area contributed by atoms with Gasteiger partial charge < -0.3 is 15.0 Å². The van der Waals surface area contributed by atoms with Gasteiger partial charge in [0.25, 0.3) is 0 Å². The summed E-state index contributed by atoms with van der Waals surface area (Å²) in [5.74, 6) is 0.963. The Morgan fingerprint density at radius 1 is 1.25 bits per heavy atom. The molecule has 4 nitrogen and oxygen atoms in total. The van der Waals surface area contributed by atoms with Gasteiger partial charge in [0.05, 0.1) is 11.5 Å². The minimum absolute atomic E-state index is 0.115. The lowest BCUT2D eigenvalue weighted by Gasteiger charge is -2.42. The number of fused-ring (bicyclic) bond motifs is 1. The molecule has 2 aliphatic heterocycles. The van der Waals surface area contributed by atoms with Gasteiger partial charge in [0.15, 0.2) is 0 Å². The van der Waals surface area contributed by atoms with Gasteiger partial charge in [0.2, 0.25) is 5.91 Å². The van der Waals surface area contributed by atoms with Crippen molar-refractivity contribution in [2.24, 2.45) is 11.3 Å². The third-order valence-corrected chi connectivity index (χ3v) is 5.96. The van der Waals surface area contributed by atoms with E-state index < -0.39 is 0 Å². The van der Waals surface area contributed by atoms with Crippen molar-refractivity contribution in [2.45, 2.75) is 38.2 Å². The normalized spacial score (nSPS) is 30.1. The molecule has 1 amide bonds. The Morgan fingerprint density at radius 2 is 2.08 bits per heavy atom. The minimum atomic E-state index is -0.316. The Bertz CT molecular complexity index is 572. The van der Waals surface area contributed by atoms with Crippen LogP contribution in [0, 0.1) is 11.3 Å². The molecule has 2 atom stereocenters. The maximum absolute atomic E-state index is 12.9. The number of benzene rings is 1. The number of hydrogen-bond acceptors (Lipinski definition) is 3. The molecule has 1 aromatic rings. The van der Waals surface area contributed by atoms with Crippen LogP contribution in [0.1, 0.15) is 31.2 Å². The molecule has 24 heavy (non-hydrogen) atoms. The Labute approximate surface area is 144 Å². The summed E-state index contributed by atoms with van der Waals surface area (Å²) in [7, 11) is 0. The molecular formula is C20H28N2O2. The van der Waals surface area contributed by atoms with E-state index in [0.717, 1.165) is 58.0 Å². The van der Waals surface area contributed by atoms with Gasteiger partial charge in [-0.15, -0.1) is 0 Å². The first-order valence-electron chi connectivity index (χ1n) is 9.42. The van der Waals surface area contributed by atoms with E-state index >= 15 is 0 Å². The van der Waals surface area contributed by atoms with Gasteiger partial charge in [-0.3, -0.25) is 4.79 Å². The highest BCUT2D eigenvalue weighted by molar-refractivity contribution is 5.84. The highest BCUT2D eigenvalue weighted by atomic mass is 16.5. The van der Waals surface area contributed by atoms with Crippen molar-refractivity contribution in [1.82, 2.24) is 10.2 Å². The predicted molar refractivity (Wildman–Crippen MR) is 93.7 cm³/mol. The van der Waals surface area contributed by atoms with E-state index in [2.05, 4.69) is 40.5 Å². The maximum Gasteiger partial charge on any atom is 0.230 e. The van der Waals surface area contributed by atoms with Crippen molar-refractivity contribution in [3.05, 3.63) is 35.9 Å². The van der Waals surface area contributed by atoms with E-state index in [0.29, 0.717) is 0 Å². The number of carbonyl (C=O) groups is 1. The van der Waals surface area contributed by atoms with E-state index in [9.17, 15) is 4.79 Å². The molecule has 3 aliphatic rings. The van der Waals surface area contributed by atoms with Crippen molar-refractivity contribution in [3.8, 4) is 0 Å². The lowest BCUT2D eigenvalue weighted by Crippen LogP contribution is -2.57. The maximum atomic E-state index is 12.9. The van der Waals surface area contributed by atoms with E-state index in [4.69, 9.17) is 4.74 Å². The summed E-state index contributed by atoms with van der Waals surface area (Å²) in [6.07, 6.45) is 5.56. The van der Waals surface area contributed by atoms with Crippen LogP contribution in [0.15, 0.2) is 30.3 Å². The van der Waals surface area contributed by atoms with Crippen LogP contribution in [0.2, 0.25) is 0 Å². The third kappa shape index (κ3) is 3.35. The zero-order chi connectivity index (χ0) is 16.4. The smallest absolute Gasteiger partial charge is 0.230 e. The van der Waals surface area contributed by atoms with Crippen molar-refractivity contribution in [1.29, 1.82) is 0 Å². The van der Waals surface area contributed by atoms with Crippen molar-refractivity contribution >= 4 is 5.91 Å². The Balaban J connectivity index is 1.38. The Kier molecular flexibility index (Phi) is 4.59. The number of hydrogen-bond donors (Lipinski definition) is 1. The summed E-state index contributed by atoms with van der Waals surface area (Å²) in [4.78, 5) is 15.4. The van der Waals surface area contributed by atoms with Crippen molar-refractivity contribution < 1.29 is 9.53 Å². The number of ether oxygens (including phenoxy) is 1.